The number of carbonyl (C=O) groups is 2. The summed E-state index contributed by atoms with van der Waals surface area (Å²) in [7, 11) is 0. The second-order valence-corrected chi connectivity index (χ2v) is 6.43. The van der Waals surface area contributed by atoms with E-state index in [1.165, 1.54) is 6.92 Å². The Kier molecular flexibility index (Phi) is 3.91. The Balaban J connectivity index is 1.68. The maximum atomic E-state index is 13.0. The molecule has 0 fully saturated rings. The minimum absolute atomic E-state index is 0.139. The minimum atomic E-state index is -0.200. The van der Waals surface area contributed by atoms with Crippen molar-refractivity contribution in [3.63, 3.8) is 0 Å². The Hall–Kier alpha value is -3.22. The predicted molar refractivity (Wildman–Crippen MR) is 97.3 cm³/mol. The van der Waals surface area contributed by atoms with E-state index in [1.54, 1.807) is 24.3 Å². The van der Waals surface area contributed by atoms with E-state index in [9.17, 15) is 9.59 Å². The molecule has 0 spiro atoms. The van der Waals surface area contributed by atoms with Crippen LogP contribution in [0.5, 0.6) is 0 Å². The van der Waals surface area contributed by atoms with Gasteiger partial charge in [0.1, 0.15) is 0 Å². The summed E-state index contributed by atoms with van der Waals surface area (Å²) in [5.74, 6) is -0.339. The standard InChI is InChI=1S/C19H18N4O3/c1-10-16-17(14-4-3-5-15(14)22-19(16)26-23-10)18(25)21-13-8-6-12(7-9-13)20-11(2)24/h6-9H,3-5H2,1-2H3,(H,20,24)(H,21,25). The number of carbonyl (C=O) groups excluding carboxylic acids is 2. The summed E-state index contributed by atoms with van der Waals surface area (Å²) < 4.78 is 5.29. The summed E-state index contributed by atoms with van der Waals surface area (Å²) in [4.78, 5) is 28.6. The van der Waals surface area contributed by atoms with Crippen molar-refractivity contribution in [1.82, 2.24) is 10.1 Å². The number of aryl methyl sites for hydroxylation is 2. The van der Waals surface area contributed by atoms with Crippen molar-refractivity contribution < 1.29 is 14.1 Å². The fourth-order valence-corrected chi connectivity index (χ4v) is 3.40. The van der Waals surface area contributed by atoms with Crippen molar-refractivity contribution in [2.24, 2.45) is 0 Å². The van der Waals surface area contributed by atoms with E-state index in [0.717, 1.165) is 30.5 Å². The van der Waals surface area contributed by atoms with Gasteiger partial charge >= 0.3 is 0 Å². The highest BCUT2D eigenvalue weighted by molar-refractivity contribution is 6.13. The van der Waals surface area contributed by atoms with E-state index in [-0.39, 0.29) is 11.8 Å². The number of nitrogens with one attached hydrogen (secondary N) is 2. The van der Waals surface area contributed by atoms with E-state index in [2.05, 4.69) is 20.8 Å². The van der Waals surface area contributed by atoms with Crippen molar-refractivity contribution in [3.05, 3.63) is 46.8 Å². The first-order valence-corrected chi connectivity index (χ1v) is 8.49. The Bertz CT molecular complexity index is 1020. The second kappa shape index (κ2) is 6.25. The van der Waals surface area contributed by atoms with Crippen LogP contribution in [0.1, 0.15) is 40.7 Å². The first-order valence-electron chi connectivity index (χ1n) is 8.49. The summed E-state index contributed by atoms with van der Waals surface area (Å²) >= 11 is 0. The van der Waals surface area contributed by atoms with Crippen LogP contribution < -0.4 is 10.6 Å². The molecule has 0 radical (unpaired) electrons. The predicted octanol–water partition coefficient (Wildman–Crippen LogP) is 3.23. The van der Waals surface area contributed by atoms with Crippen LogP contribution in [0.2, 0.25) is 0 Å². The Morgan fingerprint density at radius 2 is 1.77 bits per heavy atom. The molecule has 0 saturated heterocycles. The smallest absolute Gasteiger partial charge is 0.259 e. The van der Waals surface area contributed by atoms with Gasteiger partial charge in [0.25, 0.3) is 11.6 Å². The molecule has 1 aliphatic rings. The molecule has 132 valence electrons. The topological polar surface area (TPSA) is 97.1 Å². The third-order valence-corrected chi connectivity index (χ3v) is 4.51. The highest BCUT2D eigenvalue weighted by atomic mass is 16.5. The largest absolute Gasteiger partial charge is 0.336 e. The number of benzene rings is 1. The number of fused-ring (bicyclic) bond motifs is 2. The van der Waals surface area contributed by atoms with Crippen molar-refractivity contribution in [2.45, 2.75) is 33.1 Å². The van der Waals surface area contributed by atoms with E-state index >= 15 is 0 Å². The Labute approximate surface area is 149 Å². The maximum absolute atomic E-state index is 13.0. The first kappa shape index (κ1) is 16.3. The van der Waals surface area contributed by atoms with Gasteiger partial charge in [-0.1, -0.05) is 5.16 Å². The van der Waals surface area contributed by atoms with Crippen LogP contribution in [0, 0.1) is 6.92 Å². The molecule has 0 bridgehead atoms. The SMILES string of the molecule is CC(=O)Nc1ccc(NC(=O)c2c3c(nc4onc(C)c24)CCC3)cc1. The van der Waals surface area contributed by atoms with Crippen LogP contribution in [0.25, 0.3) is 11.1 Å². The number of pyridine rings is 1. The molecule has 3 aromatic rings. The van der Waals surface area contributed by atoms with Crippen molar-refractivity contribution in [1.29, 1.82) is 0 Å². The number of aromatic nitrogens is 2. The van der Waals surface area contributed by atoms with Gasteiger partial charge in [-0.2, -0.15) is 0 Å². The van der Waals surface area contributed by atoms with Crippen molar-refractivity contribution in [2.75, 3.05) is 10.6 Å². The van der Waals surface area contributed by atoms with Gasteiger partial charge in [0, 0.05) is 24.0 Å². The molecule has 1 aliphatic carbocycles. The summed E-state index contributed by atoms with van der Waals surface area (Å²) in [6, 6.07) is 6.99. The molecule has 4 rings (SSSR count). The van der Waals surface area contributed by atoms with Gasteiger partial charge in [-0.3, -0.25) is 9.59 Å². The molecule has 2 amide bonds. The van der Waals surface area contributed by atoms with Crippen molar-refractivity contribution >= 4 is 34.3 Å². The van der Waals surface area contributed by atoms with Crippen LogP contribution in [0.4, 0.5) is 11.4 Å². The number of anilines is 2. The Morgan fingerprint density at radius 3 is 2.46 bits per heavy atom. The third-order valence-electron chi connectivity index (χ3n) is 4.51. The van der Waals surface area contributed by atoms with Gasteiger partial charge in [-0.15, -0.1) is 0 Å². The molecule has 0 saturated carbocycles. The van der Waals surface area contributed by atoms with Crippen LogP contribution in [-0.4, -0.2) is 22.0 Å². The molecule has 0 aliphatic heterocycles. The second-order valence-electron chi connectivity index (χ2n) is 6.43. The van der Waals surface area contributed by atoms with Crippen LogP contribution in [0.3, 0.4) is 0 Å². The fraction of sp³-hybridized carbons (Fsp3) is 0.263. The number of nitrogens with zero attached hydrogens (tertiary/aromatic N) is 2. The van der Waals surface area contributed by atoms with Gasteiger partial charge in [0.05, 0.1) is 16.6 Å². The van der Waals surface area contributed by atoms with Gasteiger partial charge in [0.15, 0.2) is 0 Å². The summed E-state index contributed by atoms with van der Waals surface area (Å²) in [5, 5.41) is 10.3. The lowest BCUT2D eigenvalue weighted by Gasteiger charge is -2.11. The maximum Gasteiger partial charge on any atom is 0.259 e. The molecule has 26 heavy (non-hydrogen) atoms. The van der Waals surface area contributed by atoms with Crippen LogP contribution >= 0.6 is 0 Å². The quantitative estimate of drug-likeness (QED) is 0.756. The molecule has 2 aromatic heterocycles. The molecular weight excluding hydrogens is 332 g/mol. The summed E-state index contributed by atoms with van der Waals surface area (Å²) in [5.41, 5.74) is 4.90. The monoisotopic (exact) mass is 350 g/mol. The lowest BCUT2D eigenvalue weighted by atomic mass is 10.0. The van der Waals surface area contributed by atoms with Gasteiger partial charge in [-0.05, 0) is 56.0 Å². The molecular formula is C19H18N4O3. The molecule has 1 aromatic carbocycles. The lowest BCUT2D eigenvalue weighted by Crippen LogP contribution is -2.16. The number of hydrogen-bond acceptors (Lipinski definition) is 5. The van der Waals surface area contributed by atoms with Gasteiger partial charge in [-0.25, -0.2) is 4.98 Å². The summed E-state index contributed by atoms with van der Waals surface area (Å²) in [6.45, 7) is 3.26. The number of rotatable bonds is 3. The highest BCUT2D eigenvalue weighted by Crippen LogP contribution is 2.32. The molecule has 2 heterocycles. The van der Waals surface area contributed by atoms with Crippen molar-refractivity contribution in [3.8, 4) is 0 Å². The first-order chi connectivity index (χ1) is 12.5. The molecule has 0 unspecified atom stereocenters. The molecule has 2 N–H and O–H groups in total. The third kappa shape index (κ3) is 2.81. The highest BCUT2D eigenvalue weighted by Gasteiger charge is 2.27. The number of hydrogen-bond donors (Lipinski definition) is 2. The number of amides is 2. The average Bonchev–Trinajstić information content (AvgIpc) is 3.21. The normalized spacial score (nSPS) is 12.8. The van der Waals surface area contributed by atoms with Gasteiger partial charge < -0.3 is 15.2 Å². The van der Waals surface area contributed by atoms with E-state index in [4.69, 9.17) is 4.52 Å². The van der Waals surface area contributed by atoms with E-state index in [1.807, 2.05) is 6.92 Å². The van der Waals surface area contributed by atoms with Crippen LogP contribution in [0.15, 0.2) is 28.8 Å². The molecule has 0 atom stereocenters. The average molecular weight is 350 g/mol. The minimum Gasteiger partial charge on any atom is -0.336 e. The lowest BCUT2D eigenvalue weighted by molar-refractivity contribution is -0.114. The molecule has 7 nitrogen and oxygen atoms in total. The van der Waals surface area contributed by atoms with Crippen LogP contribution in [-0.2, 0) is 17.6 Å². The zero-order valence-electron chi connectivity index (χ0n) is 14.5. The zero-order chi connectivity index (χ0) is 18.3. The van der Waals surface area contributed by atoms with E-state index in [0.29, 0.717) is 33.7 Å². The fourth-order valence-electron chi connectivity index (χ4n) is 3.40. The zero-order valence-corrected chi connectivity index (χ0v) is 14.5. The molecule has 7 heteroatoms. The Morgan fingerprint density at radius 1 is 1.08 bits per heavy atom. The van der Waals surface area contributed by atoms with E-state index < -0.39 is 0 Å². The summed E-state index contributed by atoms with van der Waals surface area (Å²) in [6.07, 6.45) is 2.65. The van der Waals surface area contributed by atoms with Gasteiger partial charge in [0.2, 0.25) is 5.91 Å².